The van der Waals surface area contributed by atoms with Crippen LogP contribution in [0.25, 0.3) is 5.88 Å². The van der Waals surface area contributed by atoms with Crippen LogP contribution in [-0.2, 0) is 9.53 Å². The zero-order valence-electron chi connectivity index (χ0n) is 15.7. The molecule has 2 heterocycles. The number of ether oxygens (including phenoxy) is 1. The molecule has 0 radical (unpaired) electrons. The molecule has 7 nitrogen and oxygen atoms in total. The minimum Gasteiger partial charge on any atom is -0.449 e. The Morgan fingerprint density at radius 3 is 2.43 bits per heavy atom. The Labute approximate surface area is 162 Å². The van der Waals surface area contributed by atoms with Crippen LogP contribution < -0.4 is 4.90 Å². The second-order valence-corrected chi connectivity index (χ2v) is 6.20. The molecule has 0 fully saturated rings. The highest BCUT2D eigenvalue weighted by molar-refractivity contribution is 6.00. The summed E-state index contributed by atoms with van der Waals surface area (Å²) >= 11 is 0. The number of benzene rings is 1. The van der Waals surface area contributed by atoms with Gasteiger partial charge in [0.05, 0.1) is 0 Å². The van der Waals surface area contributed by atoms with Crippen molar-refractivity contribution in [3.05, 3.63) is 71.7 Å². The van der Waals surface area contributed by atoms with E-state index in [4.69, 9.17) is 9.15 Å². The third kappa shape index (κ3) is 3.53. The molecule has 1 unspecified atom stereocenters. The number of aryl methyl sites for hydroxylation is 1. The number of aromatic nitrogens is 1. The van der Waals surface area contributed by atoms with Gasteiger partial charge in [0.2, 0.25) is 5.88 Å². The molecule has 1 atom stereocenters. The van der Waals surface area contributed by atoms with Gasteiger partial charge in [-0.3, -0.25) is 9.36 Å². The van der Waals surface area contributed by atoms with Crippen molar-refractivity contribution in [1.29, 1.82) is 5.26 Å². The van der Waals surface area contributed by atoms with E-state index in [0.29, 0.717) is 5.69 Å². The Bertz CT molecular complexity index is 1030. The number of furan rings is 1. The number of nitrogens with zero attached hydrogens (tertiary/aromatic N) is 3. The van der Waals surface area contributed by atoms with Gasteiger partial charge >= 0.3 is 5.97 Å². The quantitative estimate of drug-likeness (QED) is 0.635. The molecule has 3 rings (SSSR count). The van der Waals surface area contributed by atoms with Crippen molar-refractivity contribution in [1.82, 2.24) is 4.57 Å². The third-order valence-electron chi connectivity index (χ3n) is 4.33. The number of carbonyl (C=O) groups excluding carboxylic acids is 2. The van der Waals surface area contributed by atoms with Crippen molar-refractivity contribution in [2.24, 2.45) is 0 Å². The summed E-state index contributed by atoms with van der Waals surface area (Å²) in [4.78, 5) is 26.7. The summed E-state index contributed by atoms with van der Waals surface area (Å²) in [6.07, 6.45) is 2.37. The Hall–Kier alpha value is -3.79. The molecule has 3 aromatic rings. The highest BCUT2D eigenvalue weighted by Crippen LogP contribution is 2.26. The number of anilines is 1. The number of hydrogen-bond acceptors (Lipinski definition) is 5. The van der Waals surface area contributed by atoms with Crippen LogP contribution >= 0.6 is 0 Å². The molecule has 7 heteroatoms. The summed E-state index contributed by atoms with van der Waals surface area (Å²) in [6.45, 7) is 3.07. The predicted octanol–water partition coefficient (Wildman–Crippen LogP) is 3.46. The Morgan fingerprint density at radius 2 is 1.82 bits per heavy atom. The van der Waals surface area contributed by atoms with E-state index in [9.17, 15) is 14.9 Å². The highest BCUT2D eigenvalue weighted by Gasteiger charge is 2.29. The first kappa shape index (κ1) is 19.0. The van der Waals surface area contributed by atoms with Gasteiger partial charge in [0.1, 0.15) is 23.0 Å². The van der Waals surface area contributed by atoms with E-state index >= 15 is 0 Å². The van der Waals surface area contributed by atoms with Crippen molar-refractivity contribution in [2.75, 3.05) is 11.9 Å². The van der Waals surface area contributed by atoms with E-state index in [1.807, 2.05) is 24.3 Å². The average Bonchev–Trinajstić information content (AvgIpc) is 3.34. The van der Waals surface area contributed by atoms with Gasteiger partial charge < -0.3 is 14.1 Å². The Kier molecular flexibility index (Phi) is 5.32. The minimum atomic E-state index is -1.03. The summed E-state index contributed by atoms with van der Waals surface area (Å²) in [5.74, 6) is -0.679. The predicted molar refractivity (Wildman–Crippen MR) is 102 cm³/mol. The van der Waals surface area contributed by atoms with Crippen molar-refractivity contribution in [3.63, 3.8) is 0 Å². The molecule has 0 aliphatic heterocycles. The first-order valence-corrected chi connectivity index (χ1v) is 8.64. The molecular weight excluding hydrogens is 358 g/mol. The Balaban J connectivity index is 1.81. The van der Waals surface area contributed by atoms with E-state index in [0.717, 1.165) is 0 Å². The number of nitriles is 1. The van der Waals surface area contributed by atoms with Gasteiger partial charge in [0.15, 0.2) is 6.10 Å². The van der Waals surface area contributed by atoms with Gasteiger partial charge in [-0.1, -0.05) is 18.2 Å². The fourth-order valence-corrected chi connectivity index (χ4v) is 2.85. The van der Waals surface area contributed by atoms with Gasteiger partial charge in [0.25, 0.3) is 5.91 Å². The molecule has 1 aromatic carbocycles. The molecule has 0 spiro atoms. The number of esters is 1. The zero-order chi connectivity index (χ0) is 20.3. The van der Waals surface area contributed by atoms with Crippen LogP contribution in [0.15, 0.2) is 59.3 Å². The second-order valence-electron chi connectivity index (χ2n) is 6.20. The van der Waals surface area contributed by atoms with Crippen molar-refractivity contribution >= 4 is 17.6 Å². The molecule has 1 amide bonds. The largest absolute Gasteiger partial charge is 0.449 e. The smallest absolute Gasteiger partial charge is 0.343 e. The van der Waals surface area contributed by atoms with E-state index < -0.39 is 12.1 Å². The number of amides is 1. The van der Waals surface area contributed by atoms with Crippen LogP contribution in [0.5, 0.6) is 0 Å². The summed E-state index contributed by atoms with van der Waals surface area (Å²) in [6, 6.07) is 14.6. The monoisotopic (exact) mass is 377 g/mol. The molecule has 0 N–H and O–H groups in total. The van der Waals surface area contributed by atoms with Crippen LogP contribution in [0.2, 0.25) is 0 Å². The van der Waals surface area contributed by atoms with E-state index in [-0.39, 0.29) is 28.7 Å². The SMILES string of the molecule is Cc1oc(-n2cccc2)c(C#N)c1C(=O)OC(C)C(=O)N(C)c1ccccc1. The summed E-state index contributed by atoms with van der Waals surface area (Å²) < 4.78 is 12.5. The van der Waals surface area contributed by atoms with E-state index in [1.54, 1.807) is 55.2 Å². The average molecular weight is 377 g/mol. The lowest BCUT2D eigenvalue weighted by molar-refractivity contribution is -0.126. The topological polar surface area (TPSA) is 88.5 Å². The number of likely N-dealkylation sites (N-methyl/N-ethyl adjacent to an activating group) is 1. The van der Waals surface area contributed by atoms with Gasteiger partial charge in [-0.25, -0.2) is 4.79 Å². The fourth-order valence-electron chi connectivity index (χ4n) is 2.85. The number of rotatable bonds is 5. The lowest BCUT2D eigenvalue weighted by Gasteiger charge is -2.21. The number of hydrogen-bond donors (Lipinski definition) is 0. The van der Waals surface area contributed by atoms with Crippen LogP contribution in [0, 0.1) is 18.3 Å². The van der Waals surface area contributed by atoms with Gasteiger partial charge in [-0.15, -0.1) is 0 Å². The second kappa shape index (κ2) is 7.84. The molecule has 0 aliphatic rings. The summed E-state index contributed by atoms with van der Waals surface area (Å²) in [7, 11) is 1.61. The van der Waals surface area contributed by atoms with E-state index in [2.05, 4.69) is 0 Å². The van der Waals surface area contributed by atoms with Crippen molar-refractivity contribution < 1.29 is 18.7 Å². The highest BCUT2D eigenvalue weighted by atomic mass is 16.5. The van der Waals surface area contributed by atoms with Crippen molar-refractivity contribution in [3.8, 4) is 12.0 Å². The molecule has 142 valence electrons. The number of para-hydroxylation sites is 1. The van der Waals surface area contributed by atoms with Gasteiger partial charge in [-0.2, -0.15) is 5.26 Å². The first-order chi connectivity index (χ1) is 13.4. The zero-order valence-corrected chi connectivity index (χ0v) is 15.7. The lowest BCUT2D eigenvalue weighted by atomic mass is 10.1. The normalized spacial score (nSPS) is 11.5. The van der Waals surface area contributed by atoms with Gasteiger partial charge in [0, 0.05) is 25.1 Å². The van der Waals surface area contributed by atoms with Crippen LogP contribution in [0.4, 0.5) is 5.69 Å². The molecule has 2 aromatic heterocycles. The fraction of sp³-hybridized carbons (Fsp3) is 0.190. The summed E-state index contributed by atoms with van der Waals surface area (Å²) in [5.41, 5.74) is 0.769. The molecule has 0 bridgehead atoms. The molecule has 0 saturated carbocycles. The molecule has 0 saturated heterocycles. The van der Waals surface area contributed by atoms with Crippen LogP contribution in [-0.4, -0.2) is 29.6 Å². The first-order valence-electron chi connectivity index (χ1n) is 8.64. The third-order valence-corrected chi connectivity index (χ3v) is 4.33. The maximum Gasteiger partial charge on any atom is 0.343 e. The lowest BCUT2D eigenvalue weighted by Crippen LogP contribution is -2.37. The molecule has 28 heavy (non-hydrogen) atoms. The summed E-state index contributed by atoms with van der Waals surface area (Å²) in [5, 5.41) is 9.53. The van der Waals surface area contributed by atoms with E-state index in [1.165, 1.54) is 11.8 Å². The maximum absolute atomic E-state index is 12.7. The molecule has 0 aliphatic carbocycles. The van der Waals surface area contributed by atoms with Gasteiger partial charge in [-0.05, 0) is 38.1 Å². The van der Waals surface area contributed by atoms with Crippen LogP contribution in [0.3, 0.4) is 0 Å². The minimum absolute atomic E-state index is 0.0215. The standard InChI is InChI=1S/C21H19N3O4/c1-14-18(17(13-22)20(27-14)24-11-7-8-12-24)21(26)28-15(2)19(25)23(3)16-9-5-4-6-10-16/h4-12,15H,1-3H3. The maximum atomic E-state index is 12.7. The Morgan fingerprint density at radius 1 is 1.18 bits per heavy atom. The van der Waals surface area contributed by atoms with Crippen LogP contribution in [0.1, 0.15) is 28.6 Å². The number of carbonyl (C=O) groups is 2. The van der Waals surface area contributed by atoms with Crippen molar-refractivity contribution in [2.45, 2.75) is 20.0 Å². The molecular formula is C21H19N3O4.